The second-order valence-electron chi connectivity index (χ2n) is 5.97. The number of carbonyl (C=O) groups is 1. The van der Waals surface area contributed by atoms with Gasteiger partial charge < -0.3 is 10.2 Å². The molecule has 1 amide bonds. The normalized spacial score (nSPS) is 13.0. The summed E-state index contributed by atoms with van der Waals surface area (Å²) in [6, 6.07) is 9.91. The Kier molecular flexibility index (Phi) is 3.93. The minimum Gasteiger partial charge on any atom is -0.306 e. The van der Waals surface area contributed by atoms with Gasteiger partial charge in [0.05, 0.1) is 0 Å². The van der Waals surface area contributed by atoms with Crippen molar-refractivity contribution in [2.45, 2.75) is 20.3 Å². The van der Waals surface area contributed by atoms with Crippen LogP contribution in [0.25, 0.3) is 0 Å². The standard InChI is InChI=1S/C18H17N5OS/c1-11-9-12(2)20-17(19-11)22-18-21-14(10-25-18)16(24)23-8-7-13-5-3-4-6-15(13)23/h3-6,9-10H,7-8H2,1-2H3,(H,19,20,21,22). The van der Waals surface area contributed by atoms with Gasteiger partial charge in [-0.15, -0.1) is 11.3 Å². The molecule has 0 saturated heterocycles. The van der Waals surface area contributed by atoms with Crippen LogP contribution in [0.1, 0.15) is 27.4 Å². The number of hydrogen-bond acceptors (Lipinski definition) is 6. The van der Waals surface area contributed by atoms with Gasteiger partial charge >= 0.3 is 0 Å². The Bertz CT molecular complexity index is 932. The molecule has 4 rings (SSSR count). The molecule has 6 nitrogen and oxygen atoms in total. The van der Waals surface area contributed by atoms with Gasteiger partial charge in [0.15, 0.2) is 5.13 Å². The highest BCUT2D eigenvalue weighted by atomic mass is 32.1. The summed E-state index contributed by atoms with van der Waals surface area (Å²) >= 11 is 1.37. The fraction of sp³-hybridized carbons (Fsp3) is 0.222. The van der Waals surface area contributed by atoms with E-state index in [1.165, 1.54) is 16.9 Å². The van der Waals surface area contributed by atoms with Crippen LogP contribution in [0.5, 0.6) is 0 Å². The fourth-order valence-corrected chi connectivity index (χ4v) is 3.67. The molecule has 3 heterocycles. The van der Waals surface area contributed by atoms with Crippen molar-refractivity contribution in [3.05, 3.63) is 58.4 Å². The van der Waals surface area contributed by atoms with E-state index in [0.29, 0.717) is 23.3 Å². The average Bonchev–Trinajstić information content (AvgIpc) is 3.20. The number of aryl methyl sites for hydroxylation is 2. The summed E-state index contributed by atoms with van der Waals surface area (Å²) in [6.07, 6.45) is 0.883. The van der Waals surface area contributed by atoms with Crippen LogP contribution >= 0.6 is 11.3 Å². The highest BCUT2D eigenvalue weighted by molar-refractivity contribution is 7.14. The van der Waals surface area contributed by atoms with E-state index < -0.39 is 0 Å². The van der Waals surface area contributed by atoms with Crippen LogP contribution in [0, 0.1) is 13.8 Å². The summed E-state index contributed by atoms with van der Waals surface area (Å²) in [4.78, 5) is 27.7. The minimum absolute atomic E-state index is 0.0735. The second-order valence-corrected chi connectivity index (χ2v) is 6.83. The number of amides is 1. The number of thiazole rings is 1. The topological polar surface area (TPSA) is 71.0 Å². The zero-order valence-electron chi connectivity index (χ0n) is 14.0. The van der Waals surface area contributed by atoms with E-state index in [9.17, 15) is 4.79 Å². The molecular formula is C18H17N5OS. The molecule has 2 aromatic heterocycles. The number of benzene rings is 1. The zero-order valence-corrected chi connectivity index (χ0v) is 14.8. The Morgan fingerprint density at radius 2 is 1.92 bits per heavy atom. The van der Waals surface area contributed by atoms with Crippen molar-refractivity contribution < 1.29 is 4.79 Å². The number of hydrogen-bond donors (Lipinski definition) is 1. The Morgan fingerprint density at radius 3 is 2.72 bits per heavy atom. The van der Waals surface area contributed by atoms with Crippen molar-refractivity contribution in [3.8, 4) is 0 Å². The molecule has 0 bridgehead atoms. The molecule has 3 aromatic rings. The van der Waals surface area contributed by atoms with E-state index in [1.54, 1.807) is 10.3 Å². The maximum atomic E-state index is 12.8. The molecule has 0 fully saturated rings. The van der Waals surface area contributed by atoms with Gasteiger partial charge in [-0.25, -0.2) is 15.0 Å². The molecular weight excluding hydrogens is 334 g/mol. The molecule has 0 radical (unpaired) electrons. The maximum Gasteiger partial charge on any atom is 0.277 e. The number of nitrogens with one attached hydrogen (secondary N) is 1. The van der Waals surface area contributed by atoms with Crippen LogP contribution in [0.4, 0.5) is 16.8 Å². The van der Waals surface area contributed by atoms with Gasteiger partial charge in [0.2, 0.25) is 5.95 Å². The van der Waals surface area contributed by atoms with Crippen LogP contribution in [0.15, 0.2) is 35.7 Å². The lowest BCUT2D eigenvalue weighted by Crippen LogP contribution is -2.29. The Labute approximate surface area is 149 Å². The molecule has 0 saturated carbocycles. The Hall–Kier alpha value is -2.80. The van der Waals surface area contributed by atoms with Gasteiger partial charge in [0, 0.05) is 29.0 Å². The van der Waals surface area contributed by atoms with Crippen molar-refractivity contribution in [3.63, 3.8) is 0 Å². The summed E-state index contributed by atoms with van der Waals surface area (Å²) in [5, 5.41) is 5.47. The molecule has 0 atom stereocenters. The molecule has 25 heavy (non-hydrogen) atoms. The van der Waals surface area contributed by atoms with Crippen LogP contribution in [0.3, 0.4) is 0 Å². The predicted molar refractivity (Wildman–Crippen MR) is 98.7 cm³/mol. The number of aromatic nitrogens is 3. The number of carbonyl (C=O) groups excluding carboxylic acids is 1. The SMILES string of the molecule is Cc1cc(C)nc(Nc2nc(C(=O)N3CCc4ccccc43)cs2)n1. The summed E-state index contributed by atoms with van der Waals surface area (Å²) < 4.78 is 0. The van der Waals surface area contributed by atoms with Crippen LogP contribution in [-0.2, 0) is 6.42 Å². The maximum absolute atomic E-state index is 12.8. The van der Waals surface area contributed by atoms with Crippen LogP contribution in [0.2, 0.25) is 0 Å². The molecule has 1 aliphatic rings. The highest BCUT2D eigenvalue weighted by Crippen LogP contribution is 2.29. The number of fused-ring (bicyclic) bond motifs is 1. The minimum atomic E-state index is -0.0735. The molecule has 126 valence electrons. The summed E-state index contributed by atoms with van der Waals surface area (Å²) in [5.74, 6) is 0.424. The first kappa shape index (κ1) is 15.7. The number of anilines is 3. The van der Waals surface area contributed by atoms with E-state index in [2.05, 4.69) is 26.3 Å². The smallest absolute Gasteiger partial charge is 0.277 e. The van der Waals surface area contributed by atoms with E-state index in [1.807, 2.05) is 38.1 Å². The van der Waals surface area contributed by atoms with E-state index >= 15 is 0 Å². The summed E-state index contributed by atoms with van der Waals surface area (Å²) in [5.41, 5.74) is 4.39. The first-order valence-electron chi connectivity index (χ1n) is 8.05. The Morgan fingerprint density at radius 1 is 1.16 bits per heavy atom. The number of nitrogens with zero attached hydrogens (tertiary/aromatic N) is 4. The number of para-hydroxylation sites is 1. The van der Waals surface area contributed by atoms with Gasteiger partial charge in [0.25, 0.3) is 5.91 Å². The van der Waals surface area contributed by atoms with Crippen molar-refractivity contribution >= 4 is 34.0 Å². The first-order chi connectivity index (χ1) is 12.1. The van der Waals surface area contributed by atoms with E-state index in [-0.39, 0.29) is 5.91 Å². The second kappa shape index (κ2) is 6.25. The van der Waals surface area contributed by atoms with Crippen molar-refractivity contribution in [2.75, 3.05) is 16.8 Å². The van der Waals surface area contributed by atoms with E-state index in [0.717, 1.165) is 23.5 Å². The fourth-order valence-electron chi connectivity index (χ4n) is 2.99. The molecule has 1 N–H and O–H groups in total. The van der Waals surface area contributed by atoms with Gasteiger partial charge in [0.1, 0.15) is 5.69 Å². The average molecular weight is 351 g/mol. The zero-order chi connectivity index (χ0) is 17.4. The van der Waals surface area contributed by atoms with E-state index in [4.69, 9.17) is 0 Å². The van der Waals surface area contributed by atoms with Gasteiger partial charge in [-0.05, 0) is 38.0 Å². The largest absolute Gasteiger partial charge is 0.306 e. The lowest BCUT2D eigenvalue weighted by Gasteiger charge is -2.15. The van der Waals surface area contributed by atoms with Crippen molar-refractivity contribution in [1.29, 1.82) is 0 Å². The van der Waals surface area contributed by atoms with Crippen molar-refractivity contribution in [2.24, 2.45) is 0 Å². The Balaban J connectivity index is 1.54. The quantitative estimate of drug-likeness (QED) is 0.782. The monoisotopic (exact) mass is 351 g/mol. The third-order valence-electron chi connectivity index (χ3n) is 4.06. The third kappa shape index (κ3) is 3.10. The van der Waals surface area contributed by atoms with Crippen molar-refractivity contribution in [1.82, 2.24) is 15.0 Å². The highest BCUT2D eigenvalue weighted by Gasteiger charge is 2.26. The molecule has 0 aliphatic carbocycles. The van der Waals surface area contributed by atoms with Crippen LogP contribution in [-0.4, -0.2) is 27.4 Å². The predicted octanol–water partition coefficient (Wildman–Crippen LogP) is 3.50. The molecule has 1 aliphatic heterocycles. The van der Waals surface area contributed by atoms with Gasteiger partial charge in [-0.1, -0.05) is 18.2 Å². The lowest BCUT2D eigenvalue weighted by atomic mass is 10.2. The summed E-state index contributed by atoms with van der Waals surface area (Å²) in [7, 11) is 0. The van der Waals surface area contributed by atoms with Gasteiger partial charge in [-0.3, -0.25) is 4.79 Å². The van der Waals surface area contributed by atoms with Gasteiger partial charge in [-0.2, -0.15) is 0 Å². The first-order valence-corrected chi connectivity index (χ1v) is 8.93. The summed E-state index contributed by atoms with van der Waals surface area (Å²) in [6.45, 7) is 4.53. The lowest BCUT2D eigenvalue weighted by molar-refractivity contribution is 0.0985. The molecule has 0 unspecified atom stereocenters. The number of rotatable bonds is 3. The van der Waals surface area contributed by atoms with Crippen LogP contribution < -0.4 is 10.2 Å². The molecule has 1 aromatic carbocycles. The molecule has 0 spiro atoms. The third-order valence-corrected chi connectivity index (χ3v) is 4.81. The molecule has 7 heteroatoms.